The highest BCUT2D eigenvalue weighted by Gasteiger charge is 2.38. The van der Waals surface area contributed by atoms with Gasteiger partial charge in [-0.25, -0.2) is 13.6 Å². The van der Waals surface area contributed by atoms with Crippen LogP contribution in [0.25, 0.3) is 11.1 Å². The van der Waals surface area contributed by atoms with E-state index in [4.69, 9.17) is 14.6 Å². The number of carbonyl (C=O) groups is 2. The van der Waals surface area contributed by atoms with Crippen molar-refractivity contribution in [3.05, 3.63) is 66.0 Å². The molecule has 1 aliphatic heterocycles. The molecule has 1 aliphatic rings. The number of alkyl halides is 3. The number of aromatic nitrogens is 2. The summed E-state index contributed by atoms with van der Waals surface area (Å²) in [5, 5.41) is 15.9. The Morgan fingerprint density at radius 1 is 1.15 bits per heavy atom. The summed E-state index contributed by atoms with van der Waals surface area (Å²) in [6.45, 7) is 0.223. The van der Waals surface area contributed by atoms with Crippen molar-refractivity contribution in [2.24, 2.45) is 5.92 Å². The zero-order chi connectivity index (χ0) is 24.2. The highest BCUT2D eigenvalue weighted by Crippen LogP contribution is 2.30. The molecule has 1 aromatic heterocycles. The van der Waals surface area contributed by atoms with Gasteiger partial charge in [0.05, 0.1) is 17.7 Å². The van der Waals surface area contributed by atoms with Crippen LogP contribution in [0.3, 0.4) is 0 Å². The molecule has 0 fully saturated rings. The standard InChI is InChI=1S/C19H15F2N3O2.C2HF3O2/c20-15-6-14(7-16(21)18(15)13-8-22-23-9-13)24-19(25)12-5-11-3-1-2-4-17(11)26-10-12;3-2(4,5)1(6)7/h1-4,6-9,12H,5,10H2,(H,22,23)(H,24,25);(H,6,7). The number of anilines is 1. The lowest BCUT2D eigenvalue weighted by Crippen LogP contribution is -2.32. The minimum absolute atomic E-state index is 0.0658. The molecule has 0 saturated heterocycles. The molecule has 174 valence electrons. The number of nitrogens with one attached hydrogen (secondary N) is 2. The number of hydrogen-bond acceptors (Lipinski definition) is 4. The van der Waals surface area contributed by atoms with Gasteiger partial charge in [-0.1, -0.05) is 18.2 Å². The Kier molecular flexibility index (Phi) is 6.95. The molecular weight excluding hydrogens is 453 g/mol. The van der Waals surface area contributed by atoms with E-state index in [9.17, 15) is 26.7 Å². The summed E-state index contributed by atoms with van der Waals surface area (Å²) in [6.07, 6.45) is -1.84. The Bertz CT molecular complexity index is 1130. The highest BCUT2D eigenvalue weighted by atomic mass is 19.4. The Morgan fingerprint density at radius 3 is 2.36 bits per heavy atom. The third-order valence-electron chi connectivity index (χ3n) is 4.59. The number of carboxylic acids is 1. The van der Waals surface area contributed by atoms with Gasteiger partial charge < -0.3 is 15.2 Å². The van der Waals surface area contributed by atoms with Crippen LogP contribution in [0, 0.1) is 17.6 Å². The summed E-state index contributed by atoms with van der Waals surface area (Å²) in [5.41, 5.74) is 1.12. The average Bonchev–Trinajstić information content (AvgIpc) is 3.27. The number of hydrogen-bond donors (Lipinski definition) is 3. The predicted molar refractivity (Wildman–Crippen MR) is 105 cm³/mol. The van der Waals surface area contributed by atoms with Gasteiger partial charge in [-0.3, -0.25) is 9.89 Å². The maximum atomic E-state index is 14.3. The fourth-order valence-corrected chi connectivity index (χ4v) is 3.05. The number of carbonyl (C=O) groups excluding carboxylic acids is 1. The van der Waals surface area contributed by atoms with E-state index in [1.807, 2.05) is 24.3 Å². The Hall–Kier alpha value is -3.96. The second kappa shape index (κ2) is 9.67. The van der Waals surface area contributed by atoms with E-state index in [0.717, 1.165) is 23.4 Å². The third-order valence-corrected chi connectivity index (χ3v) is 4.59. The Balaban J connectivity index is 0.000000383. The monoisotopic (exact) mass is 469 g/mol. The van der Waals surface area contributed by atoms with Crippen molar-refractivity contribution >= 4 is 17.6 Å². The van der Waals surface area contributed by atoms with Crippen molar-refractivity contribution in [1.82, 2.24) is 10.2 Å². The SMILES string of the molecule is O=C(Nc1cc(F)c(-c2cn[nH]c2)c(F)c1)C1COc2ccccc2C1.O=C(O)C(F)(F)F. The van der Waals surface area contributed by atoms with Gasteiger partial charge in [-0.05, 0) is 30.2 Å². The molecule has 0 spiro atoms. The molecule has 1 atom stereocenters. The van der Waals surface area contributed by atoms with E-state index in [1.165, 1.54) is 12.4 Å². The number of carboxylic acid groups (broad SMARTS) is 1. The molecule has 1 unspecified atom stereocenters. The molecule has 12 heteroatoms. The van der Waals surface area contributed by atoms with Crippen LogP contribution in [0.1, 0.15) is 5.56 Å². The van der Waals surface area contributed by atoms with Crippen LogP contribution < -0.4 is 10.1 Å². The van der Waals surface area contributed by atoms with Crippen molar-refractivity contribution in [3.63, 3.8) is 0 Å². The quantitative estimate of drug-likeness (QED) is 0.500. The Labute approximate surface area is 183 Å². The van der Waals surface area contributed by atoms with E-state index in [1.54, 1.807) is 0 Å². The van der Waals surface area contributed by atoms with E-state index in [0.29, 0.717) is 12.0 Å². The molecule has 7 nitrogen and oxygen atoms in total. The van der Waals surface area contributed by atoms with Crippen molar-refractivity contribution in [2.45, 2.75) is 12.6 Å². The smallest absolute Gasteiger partial charge is 0.490 e. The molecule has 3 N–H and O–H groups in total. The van der Waals surface area contributed by atoms with Gasteiger partial charge in [-0.2, -0.15) is 18.3 Å². The van der Waals surface area contributed by atoms with Gasteiger partial charge in [0.2, 0.25) is 5.91 Å². The number of aromatic amines is 1. The highest BCUT2D eigenvalue weighted by molar-refractivity contribution is 5.93. The van der Waals surface area contributed by atoms with Crippen LogP contribution in [0.2, 0.25) is 0 Å². The second-order valence-electron chi connectivity index (χ2n) is 6.91. The first-order valence-electron chi connectivity index (χ1n) is 9.36. The molecule has 33 heavy (non-hydrogen) atoms. The van der Waals surface area contributed by atoms with E-state index < -0.39 is 29.7 Å². The largest absolute Gasteiger partial charge is 0.492 e. The summed E-state index contributed by atoms with van der Waals surface area (Å²) in [5.74, 6) is -4.30. The summed E-state index contributed by atoms with van der Waals surface area (Å²) in [7, 11) is 0. The third kappa shape index (κ3) is 5.84. The molecular formula is C21H16F5N3O4. The molecule has 0 saturated carbocycles. The van der Waals surface area contributed by atoms with E-state index in [2.05, 4.69) is 15.5 Å². The molecule has 2 aromatic carbocycles. The van der Waals surface area contributed by atoms with Crippen LogP contribution in [0.5, 0.6) is 5.75 Å². The van der Waals surface area contributed by atoms with Crippen molar-refractivity contribution in [2.75, 3.05) is 11.9 Å². The maximum absolute atomic E-state index is 14.3. The van der Waals surface area contributed by atoms with Gasteiger partial charge in [-0.15, -0.1) is 0 Å². The number of ether oxygens (including phenoxy) is 1. The number of aliphatic carboxylic acids is 1. The number of rotatable bonds is 3. The molecule has 1 amide bonds. The van der Waals surface area contributed by atoms with Gasteiger partial charge in [0.15, 0.2) is 0 Å². The number of fused-ring (bicyclic) bond motifs is 1. The second-order valence-corrected chi connectivity index (χ2v) is 6.91. The van der Waals surface area contributed by atoms with Gasteiger partial charge >= 0.3 is 12.1 Å². The minimum atomic E-state index is -5.08. The first-order chi connectivity index (χ1) is 15.6. The van der Waals surface area contributed by atoms with Crippen molar-refractivity contribution in [1.29, 1.82) is 0 Å². The fraction of sp³-hybridized carbons (Fsp3) is 0.190. The average molecular weight is 469 g/mol. The minimum Gasteiger partial charge on any atom is -0.492 e. The zero-order valence-corrected chi connectivity index (χ0v) is 16.6. The first kappa shape index (κ1) is 23.7. The van der Waals surface area contributed by atoms with Crippen molar-refractivity contribution < 1.29 is 41.4 Å². The van der Waals surface area contributed by atoms with E-state index in [-0.39, 0.29) is 23.8 Å². The number of para-hydroxylation sites is 1. The number of benzene rings is 2. The van der Waals surface area contributed by atoms with Crippen LogP contribution in [0.15, 0.2) is 48.8 Å². The predicted octanol–water partition coefficient (Wildman–Crippen LogP) is 4.18. The molecule has 0 bridgehead atoms. The molecule has 2 heterocycles. The molecule has 3 aromatic rings. The molecule has 0 radical (unpaired) electrons. The summed E-state index contributed by atoms with van der Waals surface area (Å²) in [4.78, 5) is 21.4. The number of halogens is 5. The van der Waals surface area contributed by atoms with Crippen LogP contribution in [-0.4, -0.2) is 40.0 Å². The van der Waals surface area contributed by atoms with Crippen LogP contribution in [0.4, 0.5) is 27.6 Å². The number of nitrogens with zero attached hydrogens (tertiary/aromatic N) is 1. The van der Waals surface area contributed by atoms with Crippen molar-refractivity contribution in [3.8, 4) is 16.9 Å². The number of amides is 1. The first-order valence-corrected chi connectivity index (χ1v) is 9.36. The number of H-pyrrole nitrogens is 1. The summed E-state index contributed by atoms with van der Waals surface area (Å²) < 4.78 is 65.9. The lowest BCUT2D eigenvalue weighted by atomic mass is 9.96. The van der Waals surface area contributed by atoms with Gasteiger partial charge in [0, 0.05) is 17.4 Å². The maximum Gasteiger partial charge on any atom is 0.490 e. The summed E-state index contributed by atoms with van der Waals surface area (Å²) in [6, 6.07) is 9.69. The van der Waals surface area contributed by atoms with Gasteiger partial charge in [0.25, 0.3) is 0 Å². The lowest BCUT2D eigenvalue weighted by molar-refractivity contribution is -0.192. The van der Waals surface area contributed by atoms with E-state index >= 15 is 0 Å². The normalized spacial score (nSPS) is 14.9. The topological polar surface area (TPSA) is 104 Å². The lowest BCUT2D eigenvalue weighted by Gasteiger charge is -2.24. The fourth-order valence-electron chi connectivity index (χ4n) is 3.05. The molecule has 0 aliphatic carbocycles. The van der Waals surface area contributed by atoms with Crippen LogP contribution in [-0.2, 0) is 16.0 Å². The molecule has 4 rings (SSSR count). The van der Waals surface area contributed by atoms with Gasteiger partial charge in [0.1, 0.15) is 24.0 Å². The summed E-state index contributed by atoms with van der Waals surface area (Å²) >= 11 is 0. The zero-order valence-electron chi connectivity index (χ0n) is 16.6. The van der Waals surface area contributed by atoms with Crippen LogP contribution >= 0.6 is 0 Å². The Morgan fingerprint density at radius 2 is 1.79 bits per heavy atom.